The molecule has 128 valence electrons. The van der Waals surface area contributed by atoms with Crippen LogP contribution in [0.2, 0.25) is 0 Å². The van der Waals surface area contributed by atoms with Crippen LogP contribution < -0.4 is 20.7 Å². The van der Waals surface area contributed by atoms with Gasteiger partial charge in [0, 0.05) is 17.8 Å². The van der Waals surface area contributed by atoms with Crippen LogP contribution >= 0.6 is 0 Å². The zero-order valence-corrected chi connectivity index (χ0v) is 14.1. The highest BCUT2D eigenvalue weighted by Crippen LogP contribution is 2.28. The van der Waals surface area contributed by atoms with Gasteiger partial charge in [0.25, 0.3) is 5.56 Å². The lowest BCUT2D eigenvalue weighted by Crippen LogP contribution is -2.37. The Kier molecular flexibility index (Phi) is 4.74. The first-order chi connectivity index (χ1) is 11.6. The largest absolute Gasteiger partial charge is 0.493 e. The maximum absolute atomic E-state index is 12.2. The fourth-order valence-corrected chi connectivity index (χ4v) is 3.31. The summed E-state index contributed by atoms with van der Waals surface area (Å²) in [5.41, 5.74) is 2.18. The maximum atomic E-state index is 12.2. The van der Waals surface area contributed by atoms with E-state index in [0.717, 1.165) is 42.5 Å². The van der Waals surface area contributed by atoms with Crippen LogP contribution in [0.25, 0.3) is 0 Å². The topological polar surface area (TPSA) is 73.3 Å². The zero-order valence-electron chi connectivity index (χ0n) is 14.1. The molecule has 1 N–H and O–H groups in total. The normalized spacial score (nSPS) is 13.4. The Morgan fingerprint density at radius 2 is 1.83 bits per heavy atom. The first-order valence-corrected chi connectivity index (χ1v) is 8.20. The lowest BCUT2D eigenvalue weighted by Gasteiger charge is -2.20. The molecule has 1 aliphatic rings. The molecule has 0 fully saturated rings. The van der Waals surface area contributed by atoms with Crippen LogP contribution in [0.4, 0.5) is 0 Å². The minimum absolute atomic E-state index is 0.225. The third-order valence-corrected chi connectivity index (χ3v) is 4.58. The second-order valence-corrected chi connectivity index (χ2v) is 5.98. The van der Waals surface area contributed by atoms with Crippen molar-refractivity contribution in [2.45, 2.75) is 38.6 Å². The van der Waals surface area contributed by atoms with Gasteiger partial charge in [-0.1, -0.05) is 6.07 Å². The summed E-state index contributed by atoms with van der Waals surface area (Å²) >= 11 is 0. The quantitative estimate of drug-likeness (QED) is 0.905. The van der Waals surface area contributed by atoms with Crippen LogP contribution in [0.1, 0.15) is 29.7 Å². The molecule has 0 atom stereocenters. The van der Waals surface area contributed by atoms with Gasteiger partial charge in [-0.15, -0.1) is 0 Å². The van der Waals surface area contributed by atoms with Gasteiger partial charge in [0.1, 0.15) is 0 Å². The summed E-state index contributed by atoms with van der Waals surface area (Å²) in [7, 11) is 3.20. The van der Waals surface area contributed by atoms with Gasteiger partial charge < -0.3 is 9.47 Å². The smallest absolute Gasteiger partial charge is 0.328 e. The maximum Gasteiger partial charge on any atom is 0.328 e. The molecule has 0 unspecified atom stereocenters. The fraction of sp³-hybridized carbons (Fsp3) is 0.444. The van der Waals surface area contributed by atoms with E-state index in [1.54, 1.807) is 18.8 Å². The van der Waals surface area contributed by atoms with E-state index < -0.39 is 0 Å². The summed E-state index contributed by atoms with van der Waals surface area (Å²) in [4.78, 5) is 26.6. The van der Waals surface area contributed by atoms with Crippen molar-refractivity contribution in [2.24, 2.45) is 0 Å². The molecule has 1 aliphatic carbocycles. The molecule has 24 heavy (non-hydrogen) atoms. The number of H-pyrrole nitrogens is 1. The number of ether oxygens (including phenoxy) is 2. The molecular weight excluding hydrogens is 308 g/mol. The SMILES string of the molecule is COc1ccc(CCn2c3c(c(=O)[nH]c2=O)CCCC3)cc1OC. The van der Waals surface area contributed by atoms with Crippen molar-refractivity contribution < 1.29 is 9.47 Å². The molecule has 0 saturated heterocycles. The lowest BCUT2D eigenvalue weighted by molar-refractivity contribution is 0.354. The number of methoxy groups -OCH3 is 2. The Morgan fingerprint density at radius 3 is 2.58 bits per heavy atom. The van der Waals surface area contributed by atoms with E-state index in [9.17, 15) is 9.59 Å². The molecule has 6 nitrogen and oxygen atoms in total. The molecule has 6 heteroatoms. The molecule has 1 aromatic carbocycles. The molecule has 0 aliphatic heterocycles. The molecule has 0 saturated carbocycles. The molecule has 1 aromatic heterocycles. The number of nitrogens with one attached hydrogen (secondary N) is 1. The monoisotopic (exact) mass is 330 g/mol. The second kappa shape index (κ2) is 6.95. The Morgan fingerprint density at radius 1 is 1.08 bits per heavy atom. The highest BCUT2D eigenvalue weighted by molar-refractivity contribution is 5.42. The van der Waals surface area contributed by atoms with Gasteiger partial charge >= 0.3 is 5.69 Å². The van der Waals surface area contributed by atoms with Gasteiger partial charge in [0.05, 0.1) is 14.2 Å². The van der Waals surface area contributed by atoms with Crippen molar-refractivity contribution in [1.82, 2.24) is 9.55 Å². The lowest BCUT2D eigenvalue weighted by atomic mass is 9.96. The number of nitrogens with zero attached hydrogens (tertiary/aromatic N) is 1. The number of hydrogen-bond acceptors (Lipinski definition) is 4. The molecule has 2 aromatic rings. The second-order valence-electron chi connectivity index (χ2n) is 5.98. The van der Waals surface area contributed by atoms with E-state index in [4.69, 9.17) is 9.47 Å². The third-order valence-electron chi connectivity index (χ3n) is 4.58. The first kappa shape index (κ1) is 16.4. The van der Waals surface area contributed by atoms with Crippen molar-refractivity contribution in [3.05, 3.63) is 55.9 Å². The van der Waals surface area contributed by atoms with Gasteiger partial charge in [-0.2, -0.15) is 0 Å². The number of hydrogen-bond donors (Lipinski definition) is 1. The zero-order chi connectivity index (χ0) is 17.1. The van der Waals surface area contributed by atoms with E-state index >= 15 is 0 Å². The third kappa shape index (κ3) is 3.09. The number of fused-ring (bicyclic) bond motifs is 1. The average molecular weight is 330 g/mol. The predicted octanol–water partition coefficient (Wildman–Crippen LogP) is 1.68. The van der Waals surface area contributed by atoms with E-state index in [0.29, 0.717) is 24.5 Å². The summed E-state index contributed by atoms with van der Waals surface area (Å²) in [6.45, 7) is 0.535. The summed E-state index contributed by atoms with van der Waals surface area (Å²) in [5, 5.41) is 0. The Bertz CT molecular complexity index is 851. The number of rotatable bonds is 5. The van der Waals surface area contributed by atoms with E-state index in [-0.39, 0.29) is 11.2 Å². The Labute approximate surface area is 140 Å². The highest BCUT2D eigenvalue weighted by atomic mass is 16.5. The van der Waals surface area contributed by atoms with Crippen LogP contribution in [0, 0.1) is 0 Å². The molecular formula is C18H22N2O4. The van der Waals surface area contributed by atoms with Crippen molar-refractivity contribution in [3.63, 3.8) is 0 Å². The molecule has 0 spiro atoms. The molecule has 1 heterocycles. The minimum Gasteiger partial charge on any atom is -0.493 e. The van der Waals surface area contributed by atoms with Gasteiger partial charge in [-0.05, 0) is 49.8 Å². The molecule has 3 rings (SSSR count). The van der Waals surface area contributed by atoms with Crippen LogP contribution in [-0.4, -0.2) is 23.8 Å². The van der Waals surface area contributed by atoms with Gasteiger partial charge in [0.15, 0.2) is 11.5 Å². The first-order valence-electron chi connectivity index (χ1n) is 8.20. The minimum atomic E-state index is -0.318. The van der Waals surface area contributed by atoms with Gasteiger partial charge in [-0.25, -0.2) is 4.79 Å². The van der Waals surface area contributed by atoms with Crippen molar-refractivity contribution in [3.8, 4) is 11.5 Å². The summed E-state index contributed by atoms with van der Waals surface area (Å²) in [6, 6.07) is 5.74. The number of aromatic nitrogens is 2. The van der Waals surface area contributed by atoms with Crippen LogP contribution in [0.15, 0.2) is 27.8 Å². The van der Waals surface area contributed by atoms with E-state index in [1.807, 2.05) is 18.2 Å². The molecule has 0 amide bonds. The molecule has 0 bridgehead atoms. The highest BCUT2D eigenvalue weighted by Gasteiger charge is 2.18. The van der Waals surface area contributed by atoms with Crippen molar-refractivity contribution in [1.29, 1.82) is 0 Å². The average Bonchev–Trinajstić information content (AvgIpc) is 2.61. The van der Waals surface area contributed by atoms with Crippen LogP contribution in [-0.2, 0) is 25.8 Å². The van der Waals surface area contributed by atoms with E-state index in [2.05, 4.69) is 4.98 Å². The van der Waals surface area contributed by atoms with Gasteiger partial charge in [-0.3, -0.25) is 14.3 Å². The van der Waals surface area contributed by atoms with Crippen LogP contribution in [0.5, 0.6) is 11.5 Å². The predicted molar refractivity (Wildman–Crippen MR) is 91.2 cm³/mol. The number of aryl methyl sites for hydroxylation is 1. The summed E-state index contributed by atoms with van der Waals surface area (Å²) in [6.07, 6.45) is 4.25. The number of benzene rings is 1. The Balaban J connectivity index is 1.88. The summed E-state index contributed by atoms with van der Waals surface area (Å²) < 4.78 is 12.3. The van der Waals surface area contributed by atoms with Crippen LogP contribution in [0.3, 0.4) is 0 Å². The van der Waals surface area contributed by atoms with E-state index in [1.165, 1.54) is 0 Å². The number of aromatic amines is 1. The summed E-state index contributed by atoms with van der Waals surface area (Å²) in [5.74, 6) is 1.35. The Hall–Kier alpha value is -2.50. The van der Waals surface area contributed by atoms with Crippen molar-refractivity contribution in [2.75, 3.05) is 14.2 Å². The standard InChI is InChI=1S/C18H22N2O4/c1-23-15-8-7-12(11-16(15)24-2)9-10-20-14-6-4-3-5-13(14)17(21)19-18(20)22/h7-8,11H,3-6,9-10H2,1-2H3,(H,19,21,22). The van der Waals surface area contributed by atoms with Gasteiger partial charge in [0.2, 0.25) is 0 Å². The molecule has 0 radical (unpaired) electrons. The fourth-order valence-electron chi connectivity index (χ4n) is 3.31. The van der Waals surface area contributed by atoms with Crippen molar-refractivity contribution >= 4 is 0 Å².